The van der Waals surface area contributed by atoms with Crippen molar-refractivity contribution < 1.29 is 13.9 Å². The molecule has 1 aromatic heterocycles. The second-order valence-corrected chi connectivity index (χ2v) is 5.29. The zero-order chi connectivity index (χ0) is 15.2. The van der Waals surface area contributed by atoms with E-state index in [1.807, 2.05) is 37.3 Å². The molecule has 0 amide bonds. The highest BCUT2D eigenvalue weighted by Crippen LogP contribution is 2.20. The third kappa shape index (κ3) is 4.53. The van der Waals surface area contributed by atoms with E-state index in [1.165, 1.54) is 5.56 Å². The molecule has 0 fully saturated rings. The lowest BCUT2D eigenvalue weighted by molar-refractivity contribution is 0.267. The summed E-state index contributed by atoms with van der Waals surface area (Å²) >= 11 is 0. The SMILES string of the molecule is COc1ccc(OCc2cc(CNC(C)C)c(C)o2)cc1. The first kappa shape index (κ1) is 15.4. The van der Waals surface area contributed by atoms with Crippen LogP contribution in [0.1, 0.15) is 30.9 Å². The van der Waals surface area contributed by atoms with Gasteiger partial charge in [0.05, 0.1) is 7.11 Å². The lowest BCUT2D eigenvalue weighted by Gasteiger charge is -2.06. The fourth-order valence-electron chi connectivity index (χ4n) is 1.97. The molecule has 0 aliphatic heterocycles. The average Bonchev–Trinajstić information content (AvgIpc) is 2.84. The summed E-state index contributed by atoms with van der Waals surface area (Å²) in [7, 11) is 1.65. The third-order valence-electron chi connectivity index (χ3n) is 3.21. The smallest absolute Gasteiger partial charge is 0.146 e. The maximum Gasteiger partial charge on any atom is 0.146 e. The number of rotatable bonds is 7. The van der Waals surface area contributed by atoms with E-state index in [4.69, 9.17) is 13.9 Å². The molecule has 1 heterocycles. The number of methoxy groups -OCH3 is 1. The summed E-state index contributed by atoms with van der Waals surface area (Å²) in [6.07, 6.45) is 0. The van der Waals surface area contributed by atoms with Crippen LogP contribution < -0.4 is 14.8 Å². The molecule has 0 aliphatic carbocycles. The number of ether oxygens (including phenoxy) is 2. The van der Waals surface area contributed by atoms with Gasteiger partial charge < -0.3 is 19.2 Å². The van der Waals surface area contributed by atoms with Crippen LogP contribution in [0, 0.1) is 6.92 Å². The molecule has 0 saturated heterocycles. The van der Waals surface area contributed by atoms with Crippen molar-refractivity contribution in [2.45, 2.75) is 40.0 Å². The Labute approximate surface area is 126 Å². The molecule has 114 valence electrons. The topological polar surface area (TPSA) is 43.6 Å². The molecule has 0 spiro atoms. The third-order valence-corrected chi connectivity index (χ3v) is 3.21. The van der Waals surface area contributed by atoms with E-state index in [0.29, 0.717) is 12.6 Å². The maximum atomic E-state index is 5.72. The van der Waals surface area contributed by atoms with Gasteiger partial charge in [0.2, 0.25) is 0 Å². The van der Waals surface area contributed by atoms with Gasteiger partial charge in [-0.05, 0) is 37.3 Å². The Balaban J connectivity index is 1.92. The van der Waals surface area contributed by atoms with Gasteiger partial charge in [-0.2, -0.15) is 0 Å². The minimum atomic E-state index is 0.425. The minimum absolute atomic E-state index is 0.425. The quantitative estimate of drug-likeness (QED) is 0.844. The largest absolute Gasteiger partial charge is 0.497 e. The average molecular weight is 289 g/mol. The number of furan rings is 1. The summed E-state index contributed by atoms with van der Waals surface area (Å²) < 4.78 is 16.6. The van der Waals surface area contributed by atoms with Crippen LogP contribution in [0.2, 0.25) is 0 Å². The van der Waals surface area contributed by atoms with Gasteiger partial charge in [-0.15, -0.1) is 0 Å². The molecule has 0 bridgehead atoms. The van der Waals surface area contributed by atoms with Gasteiger partial charge in [0.15, 0.2) is 0 Å². The number of benzene rings is 1. The van der Waals surface area contributed by atoms with Crippen molar-refractivity contribution in [2.75, 3.05) is 7.11 Å². The summed E-state index contributed by atoms with van der Waals surface area (Å²) in [5.74, 6) is 3.39. The van der Waals surface area contributed by atoms with E-state index in [0.717, 1.165) is 29.6 Å². The predicted octanol–water partition coefficient (Wildman–Crippen LogP) is 3.67. The Morgan fingerprint density at radius 3 is 2.43 bits per heavy atom. The van der Waals surface area contributed by atoms with E-state index < -0.39 is 0 Å². The Morgan fingerprint density at radius 2 is 1.81 bits per heavy atom. The monoisotopic (exact) mass is 289 g/mol. The van der Waals surface area contributed by atoms with Gasteiger partial charge in [0.25, 0.3) is 0 Å². The first-order chi connectivity index (χ1) is 10.1. The van der Waals surface area contributed by atoms with Crippen LogP contribution in [0.25, 0.3) is 0 Å². The molecular weight excluding hydrogens is 266 g/mol. The zero-order valence-electron chi connectivity index (χ0n) is 13.1. The molecule has 2 rings (SSSR count). The molecule has 4 nitrogen and oxygen atoms in total. The van der Waals surface area contributed by atoms with Crippen LogP contribution in [0.3, 0.4) is 0 Å². The van der Waals surface area contributed by atoms with E-state index in [2.05, 4.69) is 19.2 Å². The first-order valence-electron chi connectivity index (χ1n) is 7.17. The van der Waals surface area contributed by atoms with Crippen molar-refractivity contribution in [2.24, 2.45) is 0 Å². The standard InChI is InChI=1S/C17H23NO3/c1-12(2)18-10-14-9-17(21-13(14)3)11-20-16-7-5-15(19-4)6-8-16/h5-9,12,18H,10-11H2,1-4H3. The zero-order valence-corrected chi connectivity index (χ0v) is 13.1. The van der Waals surface area contributed by atoms with Crippen LogP contribution >= 0.6 is 0 Å². The Hall–Kier alpha value is -1.94. The molecule has 0 saturated carbocycles. The molecule has 21 heavy (non-hydrogen) atoms. The van der Waals surface area contributed by atoms with Crippen LogP contribution in [0.5, 0.6) is 11.5 Å². The van der Waals surface area contributed by atoms with Gasteiger partial charge >= 0.3 is 0 Å². The van der Waals surface area contributed by atoms with Crippen molar-refractivity contribution in [1.29, 1.82) is 0 Å². The van der Waals surface area contributed by atoms with E-state index in [1.54, 1.807) is 7.11 Å². The molecule has 4 heteroatoms. The van der Waals surface area contributed by atoms with E-state index >= 15 is 0 Å². The van der Waals surface area contributed by atoms with Crippen molar-refractivity contribution in [1.82, 2.24) is 5.32 Å². The molecule has 1 aromatic carbocycles. The van der Waals surface area contributed by atoms with Crippen molar-refractivity contribution in [3.05, 3.63) is 47.4 Å². The summed E-state index contributed by atoms with van der Waals surface area (Å²) in [5, 5.41) is 3.39. The van der Waals surface area contributed by atoms with Crippen LogP contribution in [0.15, 0.2) is 34.7 Å². The van der Waals surface area contributed by atoms with Gasteiger partial charge in [0.1, 0.15) is 29.6 Å². The summed E-state index contributed by atoms with van der Waals surface area (Å²) in [4.78, 5) is 0. The number of aryl methyl sites for hydroxylation is 1. The Bertz CT molecular complexity index is 558. The van der Waals surface area contributed by atoms with Crippen LogP contribution in [0.4, 0.5) is 0 Å². The Morgan fingerprint density at radius 1 is 1.14 bits per heavy atom. The molecular formula is C17H23NO3. The van der Waals surface area contributed by atoms with E-state index in [9.17, 15) is 0 Å². The van der Waals surface area contributed by atoms with Gasteiger partial charge in [-0.3, -0.25) is 0 Å². The fraction of sp³-hybridized carbons (Fsp3) is 0.412. The summed E-state index contributed by atoms with van der Waals surface area (Å²) in [5.41, 5.74) is 1.18. The maximum absolute atomic E-state index is 5.72. The number of nitrogens with one attached hydrogen (secondary N) is 1. The van der Waals surface area contributed by atoms with Crippen molar-refractivity contribution in [3.8, 4) is 11.5 Å². The Kier molecular flexibility index (Phi) is 5.28. The lowest BCUT2D eigenvalue weighted by Crippen LogP contribution is -2.21. The lowest BCUT2D eigenvalue weighted by atomic mass is 10.2. The molecule has 0 atom stereocenters. The fourth-order valence-corrected chi connectivity index (χ4v) is 1.97. The normalized spacial score (nSPS) is 10.9. The molecule has 0 unspecified atom stereocenters. The van der Waals surface area contributed by atoms with Crippen molar-refractivity contribution >= 4 is 0 Å². The second kappa shape index (κ2) is 7.18. The number of hydrogen-bond donors (Lipinski definition) is 1. The van der Waals surface area contributed by atoms with Gasteiger partial charge in [-0.25, -0.2) is 0 Å². The predicted molar refractivity (Wildman–Crippen MR) is 82.7 cm³/mol. The minimum Gasteiger partial charge on any atom is -0.497 e. The highest BCUT2D eigenvalue weighted by Gasteiger charge is 2.08. The van der Waals surface area contributed by atoms with E-state index in [-0.39, 0.29) is 0 Å². The first-order valence-corrected chi connectivity index (χ1v) is 7.17. The van der Waals surface area contributed by atoms with Gasteiger partial charge in [0, 0.05) is 18.2 Å². The van der Waals surface area contributed by atoms with Crippen LogP contribution in [-0.2, 0) is 13.2 Å². The van der Waals surface area contributed by atoms with Crippen LogP contribution in [-0.4, -0.2) is 13.2 Å². The summed E-state index contributed by atoms with van der Waals surface area (Å²) in [6.45, 7) is 7.48. The summed E-state index contributed by atoms with van der Waals surface area (Å²) in [6, 6.07) is 10.0. The second-order valence-electron chi connectivity index (χ2n) is 5.29. The van der Waals surface area contributed by atoms with Crippen molar-refractivity contribution in [3.63, 3.8) is 0 Å². The number of hydrogen-bond acceptors (Lipinski definition) is 4. The highest BCUT2D eigenvalue weighted by molar-refractivity contribution is 5.31. The molecule has 2 aromatic rings. The highest BCUT2D eigenvalue weighted by atomic mass is 16.5. The molecule has 0 radical (unpaired) electrons. The molecule has 1 N–H and O–H groups in total. The van der Waals surface area contributed by atoms with Gasteiger partial charge in [-0.1, -0.05) is 13.8 Å². The molecule has 0 aliphatic rings.